The maximum atomic E-state index is 14.0. The Morgan fingerprint density at radius 1 is 1.21 bits per heavy atom. The second kappa shape index (κ2) is 12.9. The van der Waals surface area contributed by atoms with E-state index in [0.29, 0.717) is 43.2 Å². The van der Waals surface area contributed by atoms with Crippen LogP contribution in [0.15, 0.2) is 55.0 Å². The molecule has 0 spiro atoms. The van der Waals surface area contributed by atoms with Gasteiger partial charge in [-0.05, 0) is 55.2 Å². The Balaban J connectivity index is 1.48. The number of carbonyl (C=O) groups is 2. The van der Waals surface area contributed by atoms with Crippen molar-refractivity contribution in [2.75, 3.05) is 38.4 Å². The van der Waals surface area contributed by atoms with Crippen molar-refractivity contribution in [2.45, 2.75) is 44.6 Å². The van der Waals surface area contributed by atoms with E-state index in [1.165, 1.54) is 0 Å². The fourth-order valence-electron chi connectivity index (χ4n) is 6.31. The van der Waals surface area contributed by atoms with Crippen molar-refractivity contribution in [3.05, 3.63) is 66.2 Å². The number of anilines is 1. The number of fused-ring (bicyclic) bond motifs is 1. The third-order valence-electron chi connectivity index (χ3n) is 8.50. The minimum Gasteiger partial charge on any atom is -0.493 e. The number of pyridine rings is 1. The summed E-state index contributed by atoms with van der Waals surface area (Å²) in [6.07, 6.45) is 9.02. The molecule has 0 aliphatic carbocycles. The van der Waals surface area contributed by atoms with Gasteiger partial charge in [0, 0.05) is 50.1 Å². The van der Waals surface area contributed by atoms with Gasteiger partial charge >= 0.3 is 5.97 Å². The maximum Gasteiger partial charge on any atom is 0.308 e. The van der Waals surface area contributed by atoms with Gasteiger partial charge in [-0.1, -0.05) is 13.3 Å². The Bertz CT molecular complexity index is 1420. The molecule has 3 atom stereocenters. The first-order valence-corrected chi connectivity index (χ1v) is 14.6. The maximum absolute atomic E-state index is 14.0. The lowest BCUT2D eigenvalue weighted by Crippen LogP contribution is -2.45. The molecule has 0 radical (unpaired) electrons. The van der Waals surface area contributed by atoms with E-state index in [0.717, 1.165) is 29.8 Å². The number of carbonyl (C=O) groups excluding carboxylic acids is 1. The molecule has 0 bridgehead atoms. The van der Waals surface area contributed by atoms with Crippen molar-refractivity contribution in [3.63, 3.8) is 0 Å². The highest BCUT2D eigenvalue weighted by Crippen LogP contribution is 2.47. The van der Waals surface area contributed by atoms with Gasteiger partial charge < -0.3 is 28.8 Å². The molecule has 224 valence electrons. The summed E-state index contributed by atoms with van der Waals surface area (Å²) in [6.45, 7) is 3.35. The van der Waals surface area contributed by atoms with E-state index < -0.39 is 11.9 Å². The van der Waals surface area contributed by atoms with Crippen molar-refractivity contribution in [1.29, 1.82) is 0 Å². The number of methoxy groups -OCH3 is 1. The zero-order chi connectivity index (χ0) is 29.8. The fraction of sp³-hybridized carbons (Fsp3) is 0.469. The molecule has 5 rings (SSSR count). The molecule has 3 aromatic rings. The minimum atomic E-state index is -0.874. The highest BCUT2D eigenvalue weighted by Gasteiger charge is 2.47. The summed E-state index contributed by atoms with van der Waals surface area (Å²) in [4.78, 5) is 30.9. The molecule has 1 fully saturated rings. The van der Waals surface area contributed by atoms with Gasteiger partial charge in [-0.3, -0.25) is 14.5 Å². The van der Waals surface area contributed by atoms with Crippen molar-refractivity contribution in [1.82, 2.24) is 9.47 Å². The van der Waals surface area contributed by atoms with E-state index >= 15 is 0 Å². The molecule has 42 heavy (non-hydrogen) atoms. The first-order chi connectivity index (χ1) is 20.3. The van der Waals surface area contributed by atoms with Gasteiger partial charge in [-0.25, -0.2) is 4.57 Å². The van der Waals surface area contributed by atoms with Gasteiger partial charge in [0.2, 0.25) is 18.4 Å². The normalized spacial score (nSPS) is 19.7. The number of rotatable bonds is 12. The van der Waals surface area contributed by atoms with Crippen LogP contribution in [-0.4, -0.2) is 66.0 Å². The minimum absolute atomic E-state index is 0.0356. The lowest BCUT2D eigenvalue weighted by molar-refractivity contribution is -0.670. The molecule has 0 saturated carbocycles. The number of aliphatic carboxylic acids is 1. The van der Waals surface area contributed by atoms with Crippen LogP contribution in [0.2, 0.25) is 0 Å². The number of aryl methyl sites for hydroxylation is 3. The Labute approximate surface area is 247 Å². The Morgan fingerprint density at radius 3 is 2.74 bits per heavy atom. The van der Waals surface area contributed by atoms with Crippen LogP contribution in [0.25, 0.3) is 0 Å². The van der Waals surface area contributed by atoms with Gasteiger partial charge in [-0.2, -0.15) is 0 Å². The van der Waals surface area contributed by atoms with E-state index in [9.17, 15) is 14.7 Å². The highest BCUT2D eigenvalue weighted by atomic mass is 16.7. The Kier molecular flexibility index (Phi) is 9.01. The number of hydrogen-bond acceptors (Lipinski definition) is 6. The number of carboxylic acids is 1. The van der Waals surface area contributed by atoms with Crippen LogP contribution in [0.5, 0.6) is 17.2 Å². The number of hydrogen-bond donors (Lipinski definition) is 1. The number of amides is 1. The number of nitrogens with zero attached hydrogens (tertiary/aromatic N) is 4. The van der Waals surface area contributed by atoms with Crippen LogP contribution in [0.4, 0.5) is 5.69 Å². The molecular formula is C32H41N4O6+. The third kappa shape index (κ3) is 6.09. The van der Waals surface area contributed by atoms with E-state index in [4.69, 9.17) is 14.2 Å². The summed E-state index contributed by atoms with van der Waals surface area (Å²) in [5, 5.41) is 10.6. The van der Waals surface area contributed by atoms with Crippen molar-refractivity contribution in [3.8, 4) is 17.2 Å². The molecule has 10 heteroatoms. The monoisotopic (exact) mass is 577 g/mol. The summed E-state index contributed by atoms with van der Waals surface area (Å²) in [7, 11) is 5.49. The number of unbranched alkanes of at least 4 members (excludes halogenated alkanes) is 1. The molecule has 2 aliphatic rings. The molecule has 2 aliphatic heterocycles. The second-order valence-corrected chi connectivity index (χ2v) is 11.2. The molecular weight excluding hydrogens is 536 g/mol. The topological polar surface area (TPSA) is 97.3 Å². The number of ether oxygens (including phenoxy) is 3. The van der Waals surface area contributed by atoms with E-state index in [1.54, 1.807) is 7.11 Å². The quantitative estimate of drug-likeness (QED) is 0.329. The molecule has 1 aromatic carbocycles. The first kappa shape index (κ1) is 29.4. The highest BCUT2D eigenvalue weighted by molar-refractivity contribution is 5.94. The summed E-state index contributed by atoms with van der Waals surface area (Å²) in [5.74, 6) is -0.403. The van der Waals surface area contributed by atoms with Crippen LogP contribution in [0.1, 0.15) is 43.4 Å². The van der Waals surface area contributed by atoms with Gasteiger partial charge in [0.1, 0.15) is 12.7 Å². The largest absolute Gasteiger partial charge is 0.493 e. The fourth-order valence-corrected chi connectivity index (χ4v) is 6.31. The Morgan fingerprint density at radius 2 is 2.05 bits per heavy atom. The smallest absolute Gasteiger partial charge is 0.308 e. The SMILES string of the molecule is CCCCN(C(=O)CN1C[C@H](c2cc(OC)c3c(c2)OCO3)C(C(=O)O)[C@@H]1CCc1cccn1C)c1ccc[n+](C)c1. The van der Waals surface area contributed by atoms with E-state index in [2.05, 4.69) is 22.5 Å². The molecule has 10 nitrogen and oxygen atoms in total. The van der Waals surface area contributed by atoms with Crippen LogP contribution < -0.4 is 23.7 Å². The molecule has 2 aromatic heterocycles. The number of carboxylic acid groups (broad SMARTS) is 1. The van der Waals surface area contributed by atoms with Gasteiger partial charge in [-0.15, -0.1) is 0 Å². The number of aromatic nitrogens is 2. The standard InChI is InChI=1S/C32H40N4O6/c1-5-6-15-36(24-10-7-13-33(2)18-24)29(37)20-35-19-25(22-16-27(40-4)31-28(17-22)41-21-42-31)30(32(38)39)26(35)12-11-23-9-8-14-34(23)3/h7-10,13-14,16-18,25-26,30H,5-6,11-12,15,19-21H2,1-4H3/p+1/t25-,26+,30?/m1/s1. The van der Waals surface area contributed by atoms with Crippen LogP contribution in [0.3, 0.4) is 0 Å². The Hall–Kier alpha value is -4.05. The average molecular weight is 578 g/mol. The summed E-state index contributed by atoms with van der Waals surface area (Å²) >= 11 is 0. The van der Waals surface area contributed by atoms with Crippen LogP contribution in [0, 0.1) is 5.92 Å². The second-order valence-electron chi connectivity index (χ2n) is 11.2. The summed E-state index contributed by atoms with van der Waals surface area (Å²) < 4.78 is 20.8. The lowest BCUT2D eigenvalue weighted by atomic mass is 9.83. The van der Waals surface area contributed by atoms with Crippen LogP contribution >= 0.6 is 0 Å². The van der Waals surface area contributed by atoms with Crippen molar-refractivity contribution in [2.24, 2.45) is 20.0 Å². The molecule has 1 N–H and O–H groups in total. The zero-order valence-corrected chi connectivity index (χ0v) is 24.9. The first-order valence-electron chi connectivity index (χ1n) is 14.6. The molecule has 1 amide bonds. The summed E-state index contributed by atoms with van der Waals surface area (Å²) in [5.41, 5.74) is 2.77. The van der Waals surface area contributed by atoms with E-state index in [-0.39, 0.29) is 31.2 Å². The van der Waals surface area contributed by atoms with Gasteiger partial charge in [0.15, 0.2) is 23.9 Å². The number of likely N-dealkylation sites (tertiary alicyclic amines) is 1. The average Bonchev–Trinajstić information content (AvgIpc) is 3.70. The van der Waals surface area contributed by atoms with Crippen molar-refractivity contribution >= 4 is 17.6 Å². The molecule has 1 saturated heterocycles. The van der Waals surface area contributed by atoms with Crippen LogP contribution in [-0.2, 0) is 30.1 Å². The lowest BCUT2D eigenvalue weighted by Gasteiger charge is -2.29. The predicted molar refractivity (Wildman–Crippen MR) is 157 cm³/mol. The van der Waals surface area contributed by atoms with Gasteiger partial charge in [0.25, 0.3) is 0 Å². The van der Waals surface area contributed by atoms with E-state index in [1.807, 2.05) is 72.5 Å². The molecule has 4 heterocycles. The molecule has 1 unspecified atom stereocenters. The van der Waals surface area contributed by atoms with Gasteiger partial charge in [0.05, 0.1) is 19.6 Å². The predicted octanol–water partition coefficient (Wildman–Crippen LogP) is 3.52. The number of benzene rings is 1. The zero-order valence-electron chi connectivity index (χ0n) is 24.9. The summed E-state index contributed by atoms with van der Waals surface area (Å²) in [6, 6.07) is 11.3. The van der Waals surface area contributed by atoms with Crippen molar-refractivity contribution < 1.29 is 33.5 Å². The third-order valence-corrected chi connectivity index (χ3v) is 8.50.